The van der Waals surface area contributed by atoms with E-state index in [-0.39, 0.29) is 11.7 Å². The lowest BCUT2D eigenvalue weighted by Crippen LogP contribution is -1.95. The molecule has 0 unspecified atom stereocenters. The van der Waals surface area contributed by atoms with Gasteiger partial charge < -0.3 is 0 Å². The summed E-state index contributed by atoms with van der Waals surface area (Å²) >= 11 is 6.99. The van der Waals surface area contributed by atoms with Gasteiger partial charge in [0.2, 0.25) is 0 Å². The Labute approximate surface area is 81.4 Å². The van der Waals surface area contributed by atoms with E-state index >= 15 is 0 Å². The lowest BCUT2D eigenvalue weighted by Gasteiger charge is -1.89. The summed E-state index contributed by atoms with van der Waals surface area (Å²) < 4.78 is 0. The highest BCUT2D eigenvalue weighted by atomic mass is 35.5. The third kappa shape index (κ3) is 2.32. The fourth-order valence-corrected chi connectivity index (χ4v) is 2.24. The molecule has 0 aliphatic rings. The van der Waals surface area contributed by atoms with Crippen molar-refractivity contribution in [3.05, 3.63) is 21.9 Å². The maximum Gasteiger partial charge on any atom is 0.187 e. The third-order valence-corrected chi connectivity index (χ3v) is 2.98. The molecule has 1 rings (SSSR count). The molecule has 0 aliphatic carbocycles. The van der Waals surface area contributed by atoms with E-state index in [1.54, 1.807) is 11.3 Å². The summed E-state index contributed by atoms with van der Waals surface area (Å²) in [6.07, 6.45) is 2.18. The van der Waals surface area contributed by atoms with Gasteiger partial charge >= 0.3 is 0 Å². The van der Waals surface area contributed by atoms with Gasteiger partial charge in [0.05, 0.1) is 10.8 Å². The molecule has 0 aromatic carbocycles. The fraction of sp³-hybridized carbons (Fsp3) is 0.444. The predicted molar refractivity (Wildman–Crippen MR) is 53.4 cm³/mol. The van der Waals surface area contributed by atoms with E-state index in [9.17, 15) is 4.79 Å². The van der Waals surface area contributed by atoms with Gasteiger partial charge in [0, 0.05) is 4.88 Å². The number of carbonyl (C=O) groups excluding carboxylic acids is 1. The molecule has 0 radical (unpaired) electrons. The minimum absolute atomic E-state index is 0.0315. The van der Waals surface area contributed by atoms with Gasteiger partial charge in [-0.1, -0.05) is 13.3 Å². The Morgan fingerprint density at radius 1 is 1.58 bits per heavy atom. The van der Waals surface area contributed by atoms with Crippen LogP contribution in [-0.4, -0.2) is 11.7 Å². The van der Waals surface area contributed by atoms with Crippen LogP contribution in [0.1, 0.15) is 27.9 Å². The summed E-state index contributed by atoms with van der Waals surface area (Å²) in [7, 11) is 0. The topological polar surface area (TPSA) is 17.1 Å². The Balaban J connectivity index is 2.70. The minimum atomic E-state index is 0.0315. The fourth-order valence-electron chi connectivity index (χ4n) is 0.974. The van der Waals surface area contributed by atoms with Crippen molar-refractivity contribution in [1.82, 2.24) is 0 Å². The molecule has 0 aliphatic heterocycles. The van der Waals surface area contributed by atoms with Crippen molar-refractivity contribution in [1.29, 1.82) is 0 Å². The Morgan fingerprint density at radius 2 is 2.33 bits per heavy atom. The third-order valence-electron chi connectivity index (χ3n) is 1.55. The van der Waals surface area contributed by atoms with Crippen LogP contribution in [0, 0.1) is 0 Å². The molecule has 0 spiro atoms. The second kappa shape index (κ2) is 4.63. The van der Waals surface area contributed by atoms with Crippen LogP contribution in [-0.2, 0) is 6.42 Å². The number of alkyl halides is 1. The van der Waals surface area contributed by atoms with Crippen LogP contribution in [0.5, 0.6) is 0 Å². The molecule has 3 heteroatoms. The number of thiophene rings is 1. The van der Waals surface area contributed by atoms with Gasteiger partial charge in [0.15, 0.2) is 5.78 Å². The van der Waals surface area contributed by atoms with Crippen LogP contribution in [0.4, 0.5) is 0 Å². The van der Waals surface area contributed by atoms with Gasteiger partial charge in [-0.05, 0) is 18.6 Å². The minimum Gasteiger partial charge on any atom is -0.292 e. The average molecular weight is 203 g/mol. The van der Waals surface area contributed by atoms with Crippen LogP contribution in [0.15, 0.2) is 12.1 Å². The Morgan fingerprint density at radius 3 is 2.92 bits per heavy atom. The molecular formula is C9H11ClOS. The van der Waals surface area contributed by atoms with Gasteiger partial charge in [0.25, 0.3) is 0 Å². The van der Waals surface area contributed by atoms with Gasteiger partial charge in [-0.15, -0.1) is 22.9 Å². The number of aryl methyl sites for hydroxylation is 1. The van der Waals surface area contributed by atoms with Crippen molar-refractivity contribution in [2.75, 3.05) is 5.88 Å². The largest absolute Gasteiger partial charge is 0.292 e. The van der Waals surface area contributed by atoms with Crippen molar-refractivity contribution in [2.24, 2.45) is 0 Å². The Kier molecular flexibility index (Phi) is 3.76. The van der Waals surface area contributed by atoms with Gasteiger partial charge in [-0.25, -0.2) is 0 Å². The molecule has 0 saturated heterocycles. The van der Waals surface area contributed by atoms with Crippen LogP contribution in [0.2, 0.25) is 0 Å². The van der Waals surface area contributed by atoms with Crippen molar-refractivity contribution in [2.45, 2.75) is 19.8 Å². The molecule has 0 bridgehead atoms. The number of rotatable bonds is 4. The molecule has 0 fully saturated rings. The van der Waals surface area contributed by atoms with Gasteiger partial charge in [0.1, 0.15) is 0 Å². The maximum absolute atomic E-state index is 11.1. The van der Waals surface area contributed by atoms with Crippen LogP contribution in [0.3, 0.4) is 0 Å². The molecule has 0 N–H and O–H groups in total. The predicted octanol–water partition coefficient (Wildman–Crippen LogP) is 3.12. The van der Waals surface area contributed by atoms with E-state index in [0.717, 1.165) is 17.7 Å². The first-order chi connectivity index (χ1) is 5.77. The highest BCUT2D eigenvalue weighted by Crippen LogP contribution is 2.18. The lowest BCUT2D eigenvalue weighted by molar-refractivity contribution is 0.102. The molecule has 1 heterocycles. The molecule has 0 saturated carbocycles. The van der Waals surface area contributed by atoms with Crippen LogP contribution < -0.4 is 0 Å². The standard InChI is InChI=1S/C9H11ClOS/c1-2-3-7-4-5-9(12-7)8(11)6-10/h4-5H,2-3,6H2,1H3. The molecule has 66 valence electrons. The van der Waals surface area contributed by atoms with E-state index in [0.29, 0.717) is 0 Å². The zero-order chi connectivity index (χ0) is 8.97. The highest BCUT2D eigenvalue weighted by molar-refractivity contribution is 7.14. The van der Waals surface area contributed by atoms with E-state index in [1.807, 2.05) is 12.1 Å². The summed E-state index contributed by atoms with van der Waals surface area (Å²) in [5, 5.41) is 0. The van der Waals surface area contributed by atoms with E-state index < -0.39 is 0 Å². The second-order valence-corrected chi connectivity index (χ2v) is 4.01. The summed E-state index contributed by atoms with van der Waals surface area (Å²) in [6, 6.07) is 3.87. The number of halogens is 1. The molecule has 1 aromatic heterocycles. The molecule has 1 nitrogen and oxygen atoms in total. The number of hydrogen-bond donors (Lipinski definition) is 0. The summed E-state index contributed by atoms with van der Waals surface area (Å²) in [4.78, 5) is 13.2. The van der Waals surface area contributed by atoms with Crippen LogP contribution in [0.25, 0.3) is 0 Å². The SMILES string of the molecule is CCCc1ccc(C(=O)CCl)s1. The maximum atomic E-state index is 11.1. The monoisotopic (exact) mass is 202 g/mol. The second-order valence-electron chi connectivity index (χ2n) is 2.57. The Hall–Kier alpha value is -0.340. The molecular weight excluding hydrogens is 192 g/mol. The van der Waals surface area contributed by atoms with E-state index in [2.05, 4.69) is 6.92 Å². The molecule has 0 atom stereocenters. The van der Waals surface area contributed by atoms with Crippen LogP contribution >= 0.6 is 22.9 Å². The number of Topliss-reactive ketones (excluding diaryl/α,β-unsaturated/α-hetero) is 1. The Bertz CT molecular complexity index is 267. The van der Waals surface area contributed by atoms with Crippen molar-refractivity contribution >= 4 is 28.7 Å². The van der Waals surface area contributed by atoms with Crippen molar-refractivity contribution in [3.8, 4) is 0 Å². The lowest BCUT2D eigenvalue weighted by atomic mass is 10.3. The molecule has 12 heavy (non-hydrogen) atoms. The summed E-state index contributed by atoms with van der Waals surface area (Å²) in [5.41, 5.74) is 0. The first kappa shape index (κ1) is 9.75. The zero-order valence-electron chi connectivity index (χ0n) is 6.97. The quantitative estimate of drug-likeness (QED) is 0.542. The normalized spacial score (nSPS) is 10.2. The zero-order valence-corrected chi connectivity index (χ0v) is 8.54. The van der Waals surface area contributed by atoms with Crippen molar-refractivity contribution < 1.29 is 4.79 Å². The first-order valence-corrected chi connectivity index (χ1v) is 5.31. The van der Waals surface area contributed by atoms with Crippen molar-refractivity contribution in [3.63, 3.8) is 0 Å². The summed E-state index contributed by atoms with van der Waals surface area (Å²) in [5.74, 6) is 0.121. The highest BCUT2D eigenvalue weighted by Gasteiger charge is 2.06. The average Bonchev–Trinajstić information content (AvgIpc) is 2.52. The number of ketones is 1. The van der Waals surface area contributed by atoms with Gasteiger partial charge in [-0.2, -0.15) is 0 Å². The first-order valence-electron chi connectivity index (χ1n) is 3.95. The summed E-state index contributed by atoms with van der Waals surface area (Å²) in [6.45, 7) is 2.13. The number of carbonyl (C=O) groups is 1. The molecule has 0 amide bonds. The van der Waals surface area contributed by atoms with E-state index in [1.165, 1.54) is 4.88 Å². The number of hydrogen-bond acceptors (Lipinski definition) is 2. The van der Waals surface area contributed by atoms with Gasteiger partial charge in [-0.3, -0.25) is 4.79 Å². The molecule has 1 aromatic rings. The smallest absolute Gasteiger partial charge is 0.187 e. The van der Waals surface area contributed by atoms with E-state index in [4.69, 9.17) is 11.6 Å².